The van der Waals surface area contributed by atoms with Gasteiger partial charge in [0.1, 0.15) is 5.82 Å². The molecule has 0 spiro atoms. The fourth-order valence-corrected chi connectivity index (χ4v) is 2.76. The van der Waals surface area contributed by atoms with E-state index in [1.165, 1.54) is 25.1 Å². The number of para-hydroxylation sites is 1. The Balaban J connectivity index is 1.67. The molecule has 0 heterocycles. The number of amides is 2. The number of hydrogen-bond acceptors (Lipinski definition) is 3. The predicted octanol–water partition coefficient (Wildman–Crippen LogP) is 4.50. The summed E-state index contributed by atoms with van der Waals surface area (Å²) in [6.45, 7) is 1.30. The van der Waals surface area contributed by atoms with Crippen LogP contribution in [0.1, 0.15) is 6.92 Å². The van der Waals surface area contributed by atoms with E-state index >= 15 is 0 Å². The Labute approximate surface area is 162 Å². The monoisotopic (exact) mass is 377 g/mol. The third kappa shape index (κ3) is 4.94. The largest absolute Gasteiger partial charge is 0.376 e. The molecular weight excluding hydrogens is 357 g/mol. The highest BCUT2D eigenvalue weighted by molar-refractivity contribution is 5.97. The van der Waals surface area contributed by atoms with Crippen molar-refractivity contribution in [3.05, 3.63) is 78.6 Å². The van der Waals surface area contributed by atoms with Gasteiger partial charge in [-0.2, -0.15) is 0 Å². The Morgan fingerprint density at radius 1 is 0.857 bits per heavy atom. The summed E-state index contributed by atoms with van der Waals surface area (Å²) >= 11 is 0. The number of carbonyl (C=O) groups excluding carboxylic acids is 2. The molecule has 142 valence electrons. The quantitative estimate of drug-likeness (QED) is 0.592. The summed E-state index contributed by atoms with van der Waals surface area (Å²) in [7, 11) is 0. The average molecular weight is 377 g/mol. The van der Waals surface area contributed by atoms with Crippen LogP contribution in [0.4, 0.5) is 21.5 Å². The number of hydrogen-bond donors (Lipinski definition) is 3. The number of carbonyl (C=O) groups is 2. The van der Waals surface area contributed by atoms with Crippen molar-refractivity contribution in [3.63, 3.8) is 0 Å². The van der Waals surface area contributed by atoms with Crippen LogP contribution in [0.2, 0.25) is 0 Å². The number of anilines is 3. The van der Waals surface area contributed by atoms with Gasteiger partial charge in [-0.1, -0.05) is 48.5 Å². The van der Waals surface area contributed by atoms with E-state index in [1.54, 1.807) is 0 Å². The summed E-state index contributed by atoms with van der Waals surface area (Å²) in [5.41, 5.74) is 3.22. The van der Waals surface area contributed by atoms with Gasteiger partial charge in [-0.3, -0.25) is 9.59 Å². The molecule has 0 fully saturated rings. The van der Waals surface area contributed by atoms with Crippen molar-refractivity contribution < 1.29 is 14.0 Å². The van der Waals surface area contributed by atoms with Crippen molar-refractivity contribution in [2.75, 3.05) is 22.5 Å². The molecule has 0 saturated heterocycles. The summed E-state index contributed by atoms with van der Waals surface area (Å²) in [5.74, 6) is -1.15. The van der Waals surface area contributed by atoms with E-state index in [-0.39, 0.29) is 24.0 Å². The van der Waals surface area contributed by atoms with Gasteiger partial charge in [0.25, 0.3) is 0 Å². The van der Waals surface area contributed by atoms with Crippen molar-refractivity contribution >= 4 is 28.9 Å². The first-order chi connectivity index (χ1) is 13.5. The maximum absolute atomic E-state index is 13.7. The van der Waals surface area contributed by atoms with Crippen LogP contribution in [-0.2, 0) is 9.59 Å². The molecule has 0 radical (unpaired) electrons. The van der Waals surface area contributed by atoms with Crippen LogP contribution in [0, 0.1) is 5.82 Å². The fourth-order valence-electron chi connectivity index (χ4n) is 2.76. The van der Waals surface area contributed by atoms with Gasteiger partial charge >= 0.3 is 0 Å². The van der Waals surface area contributed by atoms with E-state index in [1.807, 2.05) is 54.6 Å². The molecule has 0 aromatic heterocycles. The first kappa shape index (κ1) is 19.1. The van der Waals surface area contributed by atoms with Gasteiger partial charge < -0.3 is 16.0 Å². The lowest BCUT2D eigenvalue weighted by Gasteiger charge is -2.13. The zero-order valence-electron chi connectivity index (χ0n) is 15.3. The molecule has 3 aromatic rings. The topological polar surface area (TPSA) is 70.2 Å². The molecule has 0 unspecified atom stereocenters. The Kier molecular flexibility index (Phi) is 6.01. The van der Waals surface area contributed by atoms with E-state index in [0.29, 0.717) is 11.4 Å². The van der Waals surface area contributed by atoms with Crippen molar-refractivity contribution in [2.45, 2.75) is 6.92 Å². The zero-order valence-corrected chi connectivity index (χ0v) is 15.3. The van der Waals surface area contributed by atoms with Crippen molar-refractivity contribution in [1.82, 2.24) is 0 Å². The lowest BCUT2D eigenvalue weighted by Crippen LogP contribution is -2.22. The predicted molar refractivity (Wildman–Crippen MR) is 110 cm³/mol. The van der Waals surface area contributed by atoms with Crippen LogP contribution in [-0.4, -0.2) is 18.4 Å². The molecule has 0 saturated carbocycles. The van der Waals surface area contributed by atoms with Crippen LogP contribution in [0.15, 0.2) is 72.8 Å². The summed E-state index contributed by atoms with van der Waals surface area (Å²) in [5, 5.41) is 8.24. The molecule has 3 N–H and O–H groups in total. The average Bonchev–Trinajstić information content (AvgIpc) is 2.69. The molecule has 5 nitrogen and oxygen atoms in total. The van der Waals surface area contributed by atoms with Crippen molar-refractivity contribution in [2.24, 2.45) is 0 Å². The van der Waals surface area contributed by atoms with E-state index in [0.717, 1.165) is 11.1 Å². The van der Waals surface area contributed by atoms with Gasteiger partial charge in [0, 0.05) is 23.9 Å². The molecule has 2 amide bonds. The Morgan fingerprint density at radius 2 is 1.57 bits per heavy atom. The molecular formula is C22H20FN3O2. The molecule has 0 atom stereocenters. The molecule has 6 heteroatoms. The lowest BCUT2D eigenvalue weighted by atomic mass is 10.0. The number of halogens is 1. The molecule has 0 aliphatic carbocycles. The van der Waals surface area contributed by atoms with Crippen LogP contribution in [0.25, 0.3) is 11.1 Å². The fraction of sp³-hybridized carbons (Fsp3) is 0.0909. The van der Waals surface area contributed by atoms with E-state index in [2.05, 4.69) is 16.0 Å². The first-order valence-electron chi connectivity index (χ1n) is 8.78. The SMILES string of the molecule is CC(=O)Nc1cc(NCC(=O)Nc2ccccc2-c2ccccc2)ccc1F. The van der Waals surface area contributed by atoms with Gasteiger partial charge in [-0.25, -0.2) is 4.39 Å². The Hall–Kier alpha value is -3.67. The van der Waals surface area contributed by atoms with Crippen LogP contribution in [0.3, 0.4) is 0 Å². The van der Waals surface area contributed by atoms with Gasteiger partial charge in [0.2, 0.25) is 11.8 Å². The second-order valence-corrected chi connectivity index (χ2v) is 6.19. The molecule has 0 aliphatic rings. The Morgan fingerprint density at radius 3 is 2.32 bits per heavy atom. The second-order valence-electron chi connectivity index (χ2n) is 6.19. The Bertz CT molecular complexity index is 990. The van der Waals surface area contributed by atoms with E-state index in [4.69, 9.17) is 0 Å². The highest BCUT2D eigenvalue weighted by Gasteiger charge is 2.09. The number of rotatable bonds is 6. The minimum Gasteiger partial charge on any atom is -0.376 e. The van der Waals surface area contributed by atoms with Crippen LogP contribution >= 0.6 is 0 Å². The summed E-state index contributed by atoms with van der Waals surface area (Å²) in [4.78, 5) is 23.5. The number of benzene rings is 3. The molecule has 28 heavy (non-hydrogen) atoms. The highest BCUT2D eigenvalue weighted by atomic mass is 19.1. The minimum absolute atomic E-state index is 0.00569. The van der Waals surface area contributed by atoms with Crippen molar-refractivity contribution in [3.8, 4) is 11.1 Å². The lowest BCUT2D eigenvalue weighted by molar-refractivity contribution is -0.115. The summed E-state index contributed by atoms with van der Waals surface area (Å²) in [6.07, 6.45) is 0. The number of nitrogens with one attached hydrogen (secondary N) is 3. The van der Waals surface area contributed by atoms with Gasteiger partial charge in [-0.15, -0.1) is 0 Å². The van der Waals surface area contributed by atoms with Crippen molar-refractivity contribution in [1.29, 1.82) is 0 Å². The second kappa shape index (κ2) is 8.81. The molecule has 3 aromatic carbocycles. The smallest absolute Gasteiger partial charge is 0.243 e. The normalized spacial score (nSPS) is 10.2. The van der Waals surface area contributed by atoms with Crippen LogP contribution < -0.4 is 16.0 Å². The first-order valence-corrected chi connectivity index (χ1v) is 8.78. The molecule has 3 rings (SSSR count). The maximum atomic E-state index is 13.7. The summed E-state index contributed by atoms with van der Waals surface area (Å²) in [6, 6.07) is 21.5. The van der Waals surface area contributed by atoms with E-state index in [9.17, 15) is 14.0 Å². The molecule has 0 bridgehead atoms. The third-order valence-electron chi connectivity index (χ3n) is 4.02. The van der Waals surface area contributed by atoms with Crippen LogP contribution in [0.5, 0.6) is 0 Å². The zero-order chi connectivity index (χ0) is 19.9. The van der Waals surface area contributed by atoms with Gasteiger partial charge in [0.15, 0.2) is 0 Å². The molecule has 0 aliphatic heterocycles. The highest BCUT2D eigenvalue weighted by Crippen LogP contribution is 2.27. The van der Waals surface area contributed by atoms with E-state index < -0.39 is 5.82 Å². The van der Waals surface area contributed by atoms with Gasteiger partial charge in [0.05, 0.1) is 12.2 Å². The standard InChI is InChI=1S/C22H20FN3O2/c1-15(27)25-21-13-17(11-12-19(21)23)24-14-22(28)26-20-10-6-5-9-18(20)16-7-3-2-4-8-16/h2-13,24H,14H2,1H3,(H,25,27)(H,26,28). The van der Waals surface area contributed by atoms with Gasteiger partial charge in [-0.05, 0) is 29.8 Å². The maximum Gasteiger partial charge on any atom is 0.243 e. The third-order valence-corrected chi connectivity index (χ3v) is 4.02. The minimum atomic E-state index is -0.540. The summed E-state index contributed by atoms with van der Waals surface area (Å²) < 4.78 is 13.7.